The van der Waals surface area contributed by atoms with Gasteiger partial charge in [-0.05, 0) is 64.2 Å². The third-order valence-electron chi connectivity index (χ3n) is 2.37. The van der Waals surface area contributed by atoms with Gasteiger partial charge in [-0.1, -0.05) is 5.21 Å². The van der Waals surface area contributed by atoms with E-state index in [1.165, 1.54) is 0 Å². The molecule has 1 unspecified atom stereocenters. The lowest BCUT2D eigenvalue weighted by Gasteiger charge is -2.12. The lowest BCUT2D eigenvalue weighted by atomic mass is 10.1. The smallest absolute Gasteiger partial charge is 0.255 e. The number of aromatic nitrogens is 4. The van der Waals surface area contributed by atoms with Crippen LogP contribution in [0, 0.1) is 7.14 Å². The van der Waals surface area contributed by atoms with E-state index in [1.54, 1.807) is 19.1 Å². The van der Waals surface area contributed by atoms with Gasteiger partial charge in [0.15, 0.2) is 5.82 Å². The number of nitrogens with one attached hydrogen (secondary N) is 2. The molecule has 1 aromatic heterocycles. The minimum atomic E-state index is -0.402. The highest BCUT2D eigenvalue weighted by molar-refractivity contribution is 14.1. The summed E-state index contributed by atoms with van der Waals surface area (Å²) in [4.78, 5) is 12.1. The van der Waals surface area contributed by atoms with Gasteiger partial charge in [-0.25, -0.2) is 0 Å². The standard InChI is InChI=1S/C10H9I2N5O2/c1-4(9-14-16-17-15-9)13-10(19)6-2-5(11)3-7(12)8(6)18/h2-4,18H,1H3,(H,13,19)(H,14,15,16,17). The van der Waals surface area contributed by atoms with Crippen molar-refractivity contribution >= 4 is 51.1 Å². The summed E-state index contributed by atoms with van der Waals surface area (Å²) in [5.74, 6) is -0.0294. The molecule has 1 atom stereocenters. The highest BCUT2D eigenvalue weighted by atomic mass is 127. The normalized spacial score (nSPS) is 12.2. The second kappa shape index (κ2) is 5.98. The molecule has 100 valence electrons. The number of phenolic OH excluding ortho intramolecular Hbond substituents is 1. The molecule has 0 spiro atoms. The van der Waals surface area contributed by atoms with E-state index >= 15 is 0 Å². The molecule has 1 aromatic carbocycles. The van der Waals surface area contributed by atoms with E-state index < -0.39 is 6.04 Å². The number of amides is 1. The quantitative estimate of drug-likeness (QED) is 0.574. The number of tetrazole rings is 1. The van der Waals surface area contributed by atoms with Crippen LogP contribution in [0.2, 0.25) is 0 Å². The molecule has 0 aliphatic heterocycles. The van der Waals surface area contributed by atoms with Crippen LogP contribution in [0.3, 0.4) is 0 Å². The number of carbonyl (C=O) groups is 1. The molecule has 0 aliphatic rings. The molecule has 2 rings (SSSR count). The van der Waals surface area contributed by atoms with Crippen molar-refractivity contribution in [1.29, 1.82) is 0 Å². The van der Waals surface area contributed by atoms with Crippen molar-refractivity contribution in [2.24, 2.45) is 0 Å². The van der Waals surface area contributed by atoms with E-state index in [2.05, 4.69) is 48.5 Å². The molecule has 3 N–H and O–H groups in total. The zero-order chi connectivity index (χ0) is 14.0. The van der Waals surface area contributed by atoms with E-state index in [0.717, 1.165) is 3.57 Å². The van der Waals surface area contributed by atoms with E-state index in [0.29, 0.717) is 9.39 Å². The van der Waals surface area contributed by atoms with Crippen LogP contribution >= 0.6 is 45.2 Å². The average molecular weight is 485 g/mol. The maximum Gasteiger partial charge on any atom is 0.255 e. The largest absolute Gasteiger partial charge is 0.506 e. The number of aromatic hydroxyl groups is 1. The Hall–Kier alpha value is -0.980. The Bertz CT molecular complexity index is 602. The Morgan fingerprint density at radius 1 is 1.47 bits per heavy atom. The van der Waals surface area contributed by atoms with Gasteiger partial charge in [-0.2, -0.15) is 5.21 Å². The molecule has 1 amide bonds. The molecule has 0 saturated heterocycles. The highest BCUT2D eigenvalue weighted by Crippen LogP contribution is 2.27. The lowest BCUT2D eigenvalue weighted by Crippen LogP contribution is -2.27. The summed E-state index contributed by atoms with van der Waals surface area (Å²) in [6.07, 6.45) is 0. The number of halogens is 2. The fraction of sp³-hybridized carbons (Fsp3) is 0.200. The van der Waals surface area contributed by atoms with Crippen molar-refractivity contribution in [2.45, 2.75) is 13.0 Å². The number of H-pyrrole nitrogens is 1. The van der Waals surface area contributed by atoms with Crippen LogP contribution in [0.25, 0.3) is 0 Å². The fourth-order valence-electron chi connectivity index (χ4n) is 1.43. The minimum absolute atomic E-state index is 0.0289. The molecule has 2 aromatic rings. The number of aromatic amines is 1. The zero-order valence-electron chi connectivity index (χ0n) is 9.69. The summed E-state index contributed by atoms with van der Waals surface area (Å²) in [7, 11) is 0. The molecule has 9 heteroatoms. The third kappa shape index (κ3) is 3.32. The van der Waals surface area contributed by atoms with Crippen molar-refractivity contribution in [1.82, 2.24) is 25.9 Å². The predicted molar refractivity (Wildman–Crippen MR) is 83.6 cm³/mol. The van der Waals surface area contributed by atoms with Gasteiger partial charge in [0, 0.05) is 3.57 Å². The van der Waals surface area contributed by atoms with Gasteiger partial charge in [0.05, 0.1) is 15.2 Å². The summed E-state index contributed by atoms with van der Waals surface area (Å²) in [5, 5.41) is 26.0. The Kier molecular flexibility index (Phi) is 4.54. The van der Waals surface area contributed by atoms with Gasteiger partial charge >= 0.3 is 0 Å². The van der Waals surface area contributed by atoms with E-state index in [1.807, 2.05) is 22.6 Å². The second-order valence-electron chi connectivity index (χ2n) is 3.75. The molecule has 7 nitrogen and oxygen atoms in total. The van der Waals surface area contributed by atoms with Gasteiger partial charge in [0.2, 0.25) is 0 Å². The molecule has 0 fully saturated rings. The van der Waals surface area contributed by atoms with Gasteiger partial charge in [0.25, 0.3) is 5.91 Å². The molecular weight excluding hydrogens is 476 g/mol. The van der Waals surface area contributed by atoms with Crippen LogP contribution in [-0.2, 0) is 0 Å². The van der Waals surface area contributed by atoms with Gasteiger partial charge in [-0.15, -0.1) is 10.2 Å². The first-order chi connectivity index (χ1) is 8.99. The number of rotatable bonds is 3. The van der Waals surface area contributed by atoms with Crippen LogP contribution in [0.4, 0.5) is 0 Å². The molecule has 1 heterocycles. The van der Waals surface area contributed by atoms with E-state index in [4.69, 9.17) is 0 Å². The maximum atomic E-state index is 12.1. The molecule has 0 bridgehead atoms. The molecule has 19 heavy (non-hydrogen) atoms. The molecule has 0 radical (unpaired) electrons. The Balaban J connectivity index is 2.21. The van der Waals surface area contributed by atoms with Gasteiger partial charge in [-0.3, -0.25) is 4.79 Å². The van der Waals surface area contributed by atoms with Crippen molar-refractivity contribution in [3.63, 3.8) is 0 Å². The fourth-order valence-corrected chi connectivity index (χ4v) is 3.28. The number of hydrogen-bond acceptors (Lipinski definition) is 5. The van der Waals surface area contributed by atoms with Gasteiger partial charge < -0.3 is 10.4 Å². The lowest BCUT2D eigenvalue weighted by molar-refractivity contribution is 0.0935. The Morgan fingerprint density at radius 3 is 2.84 bits per heavy atom. The zero-order valence-corrected chi connectivity index (χ0v) is 14.0. The van der Waals surface area contributed by atoms with Crippen LogP contribution < -0.4 is 5.32 Å². The number of phenols is 1. The van der Waals surface area contributed by atoms with Crippen molar-refractivity contribution in [2.75, 3.05) is 0 Å². The van der Waals surface area contributed by atoms with Crippen molar-refractivity contribution < 1.29 is 9.90 Å². The number of benzene rings is 1. The topological polar surface area (TPSA) is 104 Å². The average Bonchev–Trinajstić information content (AvgIpc) is 2.87. The van der Waals surface area contributed by atoms with Crippen LogP contribution in [0.5, 0.6) is 5.75 Å². The first-order valence-electron chi connectivity index (χ1n) is 5.21. The van der Waals surface area contributed by atoms with E-state index in [9.17, 15) is 9.90 Å². The summed E-state index contributed by atoms with van der Waals surface area (Å²) in [6, 6.07) is 3.01. The molecule has 0 saturated carbocycles. The summed E-state index contributed by atoms with van der Waals surface area (Å²) >= 11 is 4.07. The Morgan fingerprint density at radius 2 is 2.21 bits per heavy atom. The number of nitrogens with zero attached hydrogens (tertiary/aromatic N) is 3. The monoisotopic (exact) mass is 485 g/mol. The first-order valence-corrected chi connectivity index (χ1v) is 7.37. The summed E-state index contributed by atoms with van der Waals surface area (Å²) in [6.45, 7) is 1.73. The van der Waals surface area contributed by atoms with Crippen LogP contribution in [-0.4, -0.2) is 31.6 Å². The van der Waals surface area contributed by atoms with Crippen molar-refractivity contribution in [3.8, 4) is 5.75 Å². The second-order valence-corrected chi connectivity index (χ2v) is 6.16. The van der Waals surface area contributed by atoms with Gasteiger partial charge in [0.1, 0.15) is 5.75 Å². The highest BCUT2D eigenvalue weighted by Gasteiger charge is 2.19. The first kappa shape index (κ1) is 14.4. The molecular formula is C10H9I2N5O2. The van der Waals surface area contributed by atoms with Crippen molar-refractivity contribution in [3.05, 3.63) is 30.7 Å². The predicted octanol–water partition coefficient (Wildman–Crippen LogP) is 1.61. The minimum Gasteiger partial charge on any atom is -0.506 e. The van der Waals surface area contributed by atoms with Crippen LogP contribution in [0.1, 0.15) is 29.1 Å². The SMILES string of the molecule is CC(NC(=O)c1cc(I)cc(I)c1O)c1nn[nH]n1. The number of carbonyl (C=O) groups excluding carboxylic acids is 1. The summed E-state index contributed by atoms with van der Waals surface area (Å²) < 4.78 is 1.50. The van der Waals surface area contributed by atoms with Crippen LogP contribution in [0.15, 0.2) is 12.1 Å². The number of hydrogen-bond donors (Lipinski definition) is 3. The van der Waals surface area contributed by atoms with E-state index in [-0.39, 0.29) is 17.2 Å². The maximum absolute atomic E-state index is 12.1. The summed E-state index contributed by atoms with van der Waals surface area (Å²) in [5.41, 5.74) is 0.228. The Labute approximate surface area is 135 Å². The third-order valence-corrected chi connectivity index (χ3v) is 3.81. The molecule has 0 aliphatic carbocycles.